The van der Waals surface area contributed by atoms with E-state index in [2.05, 4.69) is 63.0 Å². The molecule has 3 aromatic carbocycles. The Bertz CT molecular complexity index is 2590. The van der Waals surface area contributed by atoms with Crippen LogP contribution >= 0.6 is 0 Å². The molecule has 2 bridgehead atoms. The predicted molar refractivity (Wildman–Crippen MR) is 253 cm³/mol. The zero-order valence-electron chi connectivity index (χ0n) is 40.2. The Kier molecular flexibility index (Phi) is 14.0. The summed E-state index contributed by atoms with van der Waals surface area (Å²) in [6, 6.07) is 6.25. The van der Waals surface area contributed by atoms with E-state index in [1.165, 1.54) is 36.3 Å². The summed E-state index contributed by atoms with van der Waals surface area (Å²) >= 11 is 0. The predicted octanol–water partition coefficient (Wildman–Crippen LogP) is 12.7. The highest BCUT2D eigenvalue weighted by molar-refractivity contribution is 6.90. The number of Topliss-reactive ketones (excluding diaryl/α,β-unsaturated/α-hetero) is 1. The van der Waals surface area contributed by atoms with Gasteiger partial charge in [0.25, 0.3) is 0 Å². The van der Waals surface area contributed by atoms with Crippen LogP contribution in [0.1, 0.15) is 123 Å². The van der Waals surface area contributed by atoms with E-state index in [0.29, 0.717) is 31.1 Å². The Labute approximate surface area is 391 Å². The molecule has 3 aliphatic rings. The number of amides is 1. The number of fused-ring (bicyclic) bond motifs is 4. The van der Waals surface area contributed by atoms with Crippen molar-refractivity contribution in [3.05, 3.63) is 53.1 Å². The molecule has 1 amide bonds. The zero-order chi connectivity index (χ0) is 49.0. The molecule has 2 aliphatic heterocycles. The van der Waals surface area contributed by atoms with E-state index in [1.54, 1.807) is 11.0 Å². The molecule has 4 aromatic rings. The average Bonchev–Trinajstić information content (AvgIpc) is 3.52. The van der Waals surface area contributed by atoms with Crippen LogP contribution in [0.5, 0.6) is 11.8 Å². The minimum atomic E-state index is -4.80. The zero-order valence-corrected chi connectivity index (χ0v) is 41.2. The molecule has 3 fully saturated rings. The summed E-state index contributed by atoms with van der Waals surface area (Å²) in [6.07, 6.45) is -1.30. The minimum absolute atomic E-state index is 0.00729. The van der Waals surface area contributed by atoms with Gasteiger partial charge in [-0.25, -0.2) is 13.6 Å². The van der Waals surface area contributed by atoms with Gasteiger partial charge in [-0.3, -0.25) is 9.69 Å². The van der Waals surface area contributed by atoms with Crippen LogP contribution in [0.3, 0.4) is 0 Å². The maximum absolute atomic E-state index is 18.6. The molecule has 10 nitrogen and oxygen atoms in total. The number of rotatable bonds is 12. The molecule has 67 heavy (non-hydrogen) atoms. The van der Waals surface area contributed by atoms with Crippen LogP contribution in [0.15, 0.2) is 30.3 Å². The van der Waals surface area contributed by atoms with Gasteiger partial charge in [0, 0.05) is 48.0 Å². The Morgan fingerprint density at radius 3 is 2.21 bits per heavy atom. The number of piperazine rings is 1. The number of hydrogen-bond donors (Lipinski definition) is 1. The van der Waals surface area contributed by atoms with E-state index in [1.807, 2.05) is 20.8 Å². The first kappa shape index (κ1) is 49.9. The van der Waals surface area contributed by atoms with Gasteiger partial charge in [-0.05, 0) is 82.9 Å². The van der Waals surface area contributed by atoms with Crippen molar-refractivity contribution in [2.75, 3.05) is 38.5 Å². The number of aromatic nitrogens is 2. The Balaban J connectivity index is 1.60. The van der Waals surface area contributed by atoms with Gasteiger partial charge in [0.05, 0.1) is 17.1 Å². The van der Waals surface area contributed by atoms with Crippen molar-refractivity contribution in [1.82, 2.24) is 14.9 Å². The number of alkyl halides is 3. The fourth-order valence-electron chi connectivity index (χ4n) is 11.7. The number of carbonyl (C=O) groups is 2. The van der Waals surface area contributed by atoms with E-state index in [9.17, 15) is 23.1 Å². The molecule has 1 aromatic heterocycles. The van der Waals surface area contributed by atoms with Gasteiger partial charge in [0.15, 0.2) is 25.0 Å². The number of carbonyl (C=O) groups excluding carboxylic acids is 1. The number of ether oxygens (including phenoxy) is 3. The third-order valence-corrected chi connectivity index (χ3v) is 21.2. The lowest BCUT2D eigenvalue weighted by Gasteiger charge is -2.54. The Hall–Kier alpha value is -5.01. The lowest BCUT2D eigenvalue weighted by atomic mass is 9.71. The van der Waals surface area contributed by atoms with Crippen molar-refractivity contribution in [2.24, 2.45) is 11.3 Å². The summed E-state index contributed by atoms with van der Waals surface area (Å²) in [5.74, 6) is 0.947. The van der Waals surface area contributed by atoms with Gasteiger partial charge in [0.1, 0.15) is 31.0 Å². The lowest BCUT2D eigenvalue weighted by Crippen LogP contribution is -2.68. The quantitative estimate of drug-likeness (QED) is 0.0487. The topological polar surface area (TPSA) is 114 Å². The molecular weight excluding hydrogens is 888 g/mol. The highest BCUT2D eigenvalue weighted by Crippen LogP contribution is 2.52. The molecule has 1 N–H and O–H groups in total. The van der Waals surface area contributed by atoms with Crippen molar-refractivity contribution in [3.63, 3.8) is 0 Å². The number of nitrogens with zero attached hydrogens (tertiary/aromatic N) is 4. The van der Waals surface area contributed by atoms with Gasteiger partial charge in [-0.1, -0.05) is 93.6 Å². The van der Waals surface area contributed by atoms with Crippen LogP contribution in [0, 0.1) is 34.4 Å². The van der Waals surface area contributed by atoms with Crippen molar-refractivity contribution in [1.29, 1.82) is 0 Å². The number of ketones is 1. The average molecular weight is 951 g/mol. The molecule has 16 heteroatoms. The first-order valence-electron chi connectivity index (χ1n) is 23.4. The molecule has 0 unspecified atom stereocenters. The molecule has 0 radical (unpaired) electrons. The number of halogens is 5. The van der Waals surface area contributed by atoms with Crippen molar-refractivity contribution < 1.29 is 50.9 Å². The molecule has 3 heterocycles. The van der Waals surface area contributed by atoms with E-state index in [4.69, 9.17) is 14.2 Å². The first-order chi connectivity index (χ1) is 31.5. The second-order valence-electron chi connectivity index (χ2n) is 20.6. The van der Waals surface area contributed by atoms with E-state index in [-0.39, 0.29) is 86.9 Å². The number of methoxy groups -OCH3 is 1. The molecule has 7 rings (SSSR count). The summed E-state index contributed by atoms with van der Waals surface area (Å²) in [5, 5.41) is 11.2. The van der Waals surface area contributed by atoms with Crippen molar-refractivity contribution >= 4 is 47.4 Å². The van der Waals surface area contributed by atoms with Crippen molar-refractivity contribution in [3.8, 4) is 34.4 Å². The highest BCUT2D eigenvalue weighted by atomic mass is 28.3. The van der Waals surface area contributed by atoms with Gasteiger partial charge in [-0.2, -0.15) is 23.1 Å². The summed E-state index contributed by atoms with van der Waals surface area (Å²) in [7, 11) is -1.04. The summed E-state index contributed by atoms with van der Waals surface area (Å²) in [4.78, 5) is 40.2. The fraction of sp³-hybridized carbons (Fsp3) is 0.569. The van der Waals surface area contributed by atoms with E-state index in [0.717, 1.165) is 19.3 Å². The summed E-state index contributed by atoms with van der Waals surface area (Å²) in [5.41, 5.74) is 2.03. The maximum Gasteiger partial charge on any atom is 0.422 e. The molecule has 1 aliphatic carbocycles. The lowest BCUT2D eigenvalue weighted by molar-refractivity contribution is -0.154. The normalized spacial score (nSPS) is 19.5. The van der Waals surface area contributed by atoms with E-state index < -0.39 is 73.0 Å². The first-order valence-corrected chi connectivity index (χ1v) is 25.7. The van der Waals surface area contributed by atoms with Crippen LogP contribution in [0.2, 0.25) is 16.6 Å². The smallest absolute Gasteiger partial charge is 0.422 e. The summed E-state index contributed by atoms with van der Waals surface area (Å²) in [6.45, 7) is 16.8. The number of anilines is 1. The molecule has 2 atom stereocenters. The number of carboxylic acid groups (broad SMARTS) is 1. The minimum Gasteiger partial charge on any atom is -0.468 e. The van der Waals surface area contributed by atoms with Crippen molar-refractivity contribution in [2.45, 2.75) is 142 Å². The van der Waals surface area contributed by atoms with Gasteiger partial charge in [0.2, 0.25) is 0 Å². The Morgan fingerprint density at radius 2 is 1.61 bits per heavy atom. The van der Waals surface area contributed by atoms with Crippen LogP contribution < -0.4 is 14.4 Å². The SMILES string of the molecule is COCOc1cc(-c2c(C(=O)C3CCCCC3)cc3c(N4C[C@@H]5CC[C@@](C(C)(C)C)(C4)N5C(=O)O)nc(OCC(F)(F)F)nc3c2F)c2c(C#C[Si](C(C)C)(C(C)C)C(C)C)c(F)ccc2c1. The van der Waals surface area contributed by atoms with Crippen LogP contribution in [0.4, 0.5) is 32.6 Å². The standard InChI is InChI=1S/C51H63F5N4O6Si/c1-29(2)67(30(3)4,31(5)6)21-19-36-40(52)17-16-33-22-35(66-28-64-10)23-37(41(33)36)42-38(45(61)32-14-12-11-13-15-32)24-39-44(43(42)53)57-47(65-27-51(54,55)56)58-46(39)59-25-34-18-20-50(26-59,49(7,8)9)60(34)48(62)63/h16-17,22-24,29-32,34H,11-15,18,20,25-28H2,1-10H3,(H,62,63)/t34-,50-/m0/s1. The van der Waals surface area contributed by atoms with E-state index >= 15 is 13.6 Å². The van der Waals surface area contributed by atoms with Crippen LogP contribution in [-0.4, -0.2) is 91.3 Å². The number of hydrogen-bond acceptors (Lipinski definition) is 8. The third-order valence-electron chi connectivity index (χ3n) is 14.9. The Morgan fingerprint density at radius 1 is 0.940 bits per heavy atom. The molecule has 362 valence electrons. The molecule has 0 spiro atoms. The van der Waals surface area contributed by atoms with Gasteiger partial charge >= 0.3 is 18.3 Å². The number of benzene rings is 3. The molecule has 1 saturated carbocycles. The largest absolute Gasteiger partial charge is 0.468 e. The molecule has 2 saturated heterocycles. The van der Waals surface area contributed by atoms with Crippen LogP contribution in [-0.2, 0) is 4.74 Å². The fourth-order valence-corrected chi connectivity index (χ4v) is 16.9. The molecular formula is C51H63F5N4O6Si. The second-order valence-corrected chi connectivity index (χ2v) is 26.2. The monoisotopic (exact) mass is 950 g/mol. The van der Waals surface area contributed by atoms with Crippen LogP contribution in [0.25, 0.3) is 32.8 Å². The highest BCUT2D eigenvalue weighted by Gasteiger charge is 2.59. The van der Waals surface area contributed by atoms with Gasteiger partial charge < -0.3 is 24.2 Å². The van der Waals surface area contributed by atoms with Gasteiger partial charge in [-0.15, -0.1) is 5.54 Å². The maximum atomic E-state index is 18.6. The third kappa shape index (κ3) is 9.19. The second kappa shape index (κ2) is 18.8. The summed E-state index contributed by atoms with van der Waals surface area (Å²) < 4.78 is 93.0.